The summed E-state index contributed by atoms with van der Waals surface area (Å²) in [4.78, 5) is 8.89. The van der Waals surface area contributed by atoms with Gasteiger partial charge in [0.05, 0.1) is 0 Å². The third-order valence-electron chi connectivity index (χ3n) is 0. The maximum atomic E-state index is 8.89. The number of rotatable bonds is 0. The molecule has 0 bridgehead atoms. The third-order valence-corrected chi connectivity index (χ3v) is 0. The molecular weight excluding hydrogens is 233 g/mol. The summed E-state index contributed by atoms with van der Waals surface area (Å²) in [6.07, 6.45) is 0. The molecule has 0 heterocycles. The average molecular weight is 239 g/mol. The van der Waals surface area contributed by atoms with Gasteiger partial charge in [-0.1, -0.05) is 0 Å². The second-order valence-corrected chi connectivity index (χ2v) is 0.492. The Labute approximate surface area is 82.6 Å². The molecule has 0 fully saturated rings. The van der Waals surface area contributed by atoms with Gasteiger partial charge in [0.25, 0.3) is 0 Å². The molecule has 0 aromatic rings. The van der Waals surface area contributed by atoms with Crippen LogP contribution in [-0.2, 0) is 4.79 Å². The van der Waals surface area contributed by atoms with Crippen LogP contribution in [0.5, 0.6) is 0 Å². The summed E-state index contributed by atoms with van der Waals surface area (Å²) in [5.41, 5.74) is 0. The molecule has 7 heavy (non-hydrogen) atoms. The minimum absolute atomic E-state index is 0. The first-order chi connectivity index (χ1) is 2.73. The first kappa shape index (κ1) is 15.9. The van der Waals surface area contributed by atoms with Crippen LogP contribution in [0.15, 0.2) is 0 Å². The van der Waals surface area contributed by atoms with E-state index < -0.39 is 5.97 Å². The normalized spacial score (nSPS) is 4.43. The van der Waals surface area contributed by atoms with Gasteiger partial charge in [-0.15, -0.1) is 0 Å². The van der Waals surface area contributed by atoms with Crippen molar-refractivity contribution >= 4 is 37.3 Å². The summed E-state index contributed by atoms with van der Waals surface area (Å²) in [6, 6.07) is 0. The number of carbonyl (C=O) groups excluding carboxylic acids is 1. The Bertz CT molecular complexity index is 38.7. The molecule has 0 saturated carbocycles. The Morgan fingerprint density at radius 1 is 1.71 bits per heavy atom. The summed E-state index contributed by atoms with van der Waals surface area (Å²) in [5, 5.41) is 8.89. The molecule has 0 unspecified atom stereocenters. The molecule has 0 aliphatic heterocycles. The second-order valence-electron chi connectivity index (χ2n) is 0.492. The second kappa shape index (κ2) is 15.6. The number of carbonyl (C=O) groups is 1. The number of carboxylic acid groups (broad SMARTS) is 1. The van der Waals surface area contributed by atoms with Crippen molar-refractivity contribution in [2.45, 2.75) is 6.92 Å². The van der Waals surface area contributed by atoms with Crippen molar-refractivity contribution in [3.05, 3.63) is 0 Å². The van der Waals surface area contributed by atoms with Crippen LogP contribution in [0.2, 0.25) is 0 Å². The molecule has 0 atom stereocenters. The minimum atomic E-state index is -1.08. The predicted octanol–water partition coefficient (Wildman–Crippen LogP) is -4.78. The van der Waals surface area contributed by atoms with Crippen molar-refractivity contribution in [2.24, 2.45) is 0 Å². The molecule has 0 aromatic carbocycles. The van der Waals surface area contributed by atoms with Gasteiger partial charge in [-0.3, -0.25) is 0 Å². The summed E-state index contributed by atoms with van der Waals surface area (Å²) in [7, 11) is 3.66. The van der Waals surface area contributed by atoms with Crippen LogP contribution in [-0.4, -0.2) is 27.6 Å². The van der Waals surface area contributed by atoms with Crippen LogP contribution in [0.3, 0.4) is 0 Å². The maximum absolute atomic E-state index is 8.89. The Hall–Kier alpha value is 1.64. The van der Waals surface area contributed by atoms with Gasteiger partial charge in [0.15, 0.2) is 0 Å². The Kier molecular flexibility index (Phi) is 35.4. The number of carboxylic acids is 1. The zero-order valence-corrected chi connectivity index (χ0v) is 10.5. The molecular formula is C2H6NaO2SSb. The number of aliphatic carboxylic acids is 1. The monoisotopic (exact) mass is 238 g/mol. The van der Waals surface area contributed by atoms with Gasteiger partial charge in [0.2, 0.25) is 0 Å². The van der Waals surface area contributed by atoms with Crippen LogP contribution in [0.4, 0.5) is 0 Å². The van der Waals surface area contributed by atoms with Gasteiger partial charge in [0, 0.05) is 5.97 Å². The van der Waals surface area contributed by atoms with Crippen molar-refractivity contribution < 1.29 is 39.5 Å². The molecule has 0 amide bonds. The molecule has 0 N–H and O–H groups in total. The van der Waals surface area contributed by atoms with E-state index in [-0.39, 0.29) is 29.6 Å². The van der Waals surface area contributed by atoms with Crippen molar-refractivity contribution in [3.63, 3.8) is 0 Å². The first-order valence-electron chi connectivity index (χ1n) is 1.17. The van der Waals surface area contributed by atoms with Gasteiger partial charge in [-0.2, -0.15) is 0 Å². The zero-order valence-electron chi connectivity index (χ0n) is 4.34. The molecule has 2 nitrogen and oxygen atoms in total. The standard InChI is InChI=1S/C2H4O2.Na.H2S.Sb.2H/c1-2(3)4;;;;;/h1H3,(H,3,4);;1H2;;;/q;+1;;+1;;/p-2. The molecule has 0 spiro atoms. The summed E-state index contributed by atoms with van der Waals surface area (Å²) >= 11 is 1.04. The van der Waals surface area contributed by atoms with Crippen molar-refractivity contribution in [1.29, 1.82) is 0 Å². The van der Waals surface area contributed by atoms with E-state index in [1.54, 1.807) is 0 Å². The van der Waals surface area contributed by atoms with Crippen LogP contribution < -0.4 is 34.7 Å². The molecule has 0 rings (SSSR count). The number of thiol groups is 1. The molecule has 5 heteroatoms. The fraction of sp³-hybridized carbons (Fsp3) is 0.500. The molecule has 0 saturated heterocycles. The van der Waals surface area contributed by atoms with Gasteiger partial charge in [0.1, 0.15) is 0 Å². The summed E-state index contributed by atoms with van der Waals surface area (Å²) in [5.74, 6) is -1.08. The van der Waals surface area contributed by atoms with E-state index in [2.05, 4.69) is 9.72 Å². The molecule has 0 aliphatic carbocycles. The van der Waals surface area contributed by atoms with E-state index in [9.17, 15) is 0 Å². The van der Waals surface area contributed by atoms with E-state index in [0.29, 0.717) is 0 Å². The summed E-state index contributed by atoms with van der Waals surface area (Å²) in [6.45, 7) is 0.972. The van der Waals surface area contributed by atoms with Gasteiger partial charge in [-0.05, 0) is 6.92 Å². The van der Waals surface area contributed by atoms with Gasteiger partial charge < -0.3 is 9.90 Å². The van der Waals surface area contributed by atoms with E-state index in [4.69, 9.17) is 9.90 Å². The predicted molar refractivity (Wildman–Crippen MR) is 28.2 cm³/mol. The summed E-state index contributed by atoms with van der Waals surface area (Å²) < 4.78 is 0. The van der Waals surface area contributed by atoms with Crippen LogP contribution in [0.1, 0.15) is 6.92 Å². The van der Waals surface area contributed by atoms with E-state index >= 15 is 0 Å². The number of hydrogen-bond donors (Lipinski definition) is 1. The quantitative estimate of drug-likeness (QED) is 0.340. The first-order valence-corrected chi connectivity index (χ1v) is 6.10. The fourth-order valence-corrected chi connectivity index (χ4v) is 0. The Morgan fingerprint density at radius 2 is 1.71 bits per heavy atom. The average Bonchev–Trinajstić information content (AvgIpc) is 1.41. The zero-order chi connectivity index (χ0) is 5.58. The van der Waals surface area contributed by atoms with Crippen molar-refractivity contribution in [1.82, 2.24) is 0 Å². The molecule has 0 aliphatic rings. The van der Waals surface area contributed by atoms with E-state index in [1.807, 2.05) is 0 Å². The van der Waals surface area contributed by atoms with Gasteiger partial charge >= 0.3 is 60.9 Å². The number of hydrogen-bond acceptors (Lipinski definition) is 3. The fourth-order valence-electron chi connectivity index (χ4n) is 0. The Balaban J connectivity index is -0.0000000480. The van der Waals surface area contributed by atoms with Crippen molar-refractivity contribution in [2.75, 3.05) is 0 Å². The Morgan fingerprint density at radius 3 is 1.71 bits per heavy atom. The SMILES string of the molecule is CC(=O)[O-].[Na+].[SH][SbH2]. The van der Waals surface area contributed by atoms with Crippen molar-refractivity contribution in [3.8, 4) is 0 Å². The topological polar surface area (TPSA) is 40.1 Å². The van der Waals surface area contributed by atoms with Gasteiger partial charge in [-0.25, -0.2) is 0 Å². The van der Waals surface area contributed by atoms with E-state index in [1.165, 1.54) is 0 Å². The van der Waals surface area contributed by atoms with E-state index in [0.717, 1.165) is 28.5 Å². The molecule has 0 aromatic heterocycles. The third kappa shape index (κ3) is 90.5. The van der Waals surface area contributed by atoms with Crippen LogP contribution >= 0.6 is 9.72 Å². The van der Waals surface area contributed by atoms with Crippen LogP contribution in [0.25, 0.3) is 0 Å². The van der Waals surface area contributed by atoms with Crippen LogP contribution in [0, 0.1) is 0 Å². The molecule has 0 radical (unpaired) electrons. The molecule has 38 valence electrons.